The van der Waals surface area contributed by atoms with Crippen molar-refractivity contribution in [2.45, 2.75) is 32.7 Å². The van der Waals surface area contributed by atoms with Crippen LogP contribution in [-0.2, 0) is 12.0 Å². The van der Waals surface area contributed by atoms with Gasteiger partial charge in [0.2, 0.25) is 0 Å². The second-order valence-corrected chi connectivity index (χ2v) is 7.82. The smallest absolute Gasteiger partial charge is 0.0349 e. The molecule has 2 heterocycles. The van der Waals surface area contributed by atoms with E-state index in [9.17, 15) is 0 Å². The topological polar surface area (TPSA) is 12.0 Å². The molecule has 1 aliphatic rings. The van der Waals surface area contributed by atoms with Crippen LogP contribution >= 0.6 is 27.3 Å². The van der Waals surface area contributed by atoms with Gasteiger partial charge in [0, 0.05) is 32.7 Å². The Bertz CT molecular complexity index is 628. The van der Waals surface area contributed by atoms with Crippen LogP contribution in [0.3, 0.4) is 0 Å². The van der Waals surface area contributed by atoms with Gasteiger partial charge in [-0.3, -0.25) is 0 Å². The molecule has 0 saturated heterocycles. The Balaban J connectivity index is 2.07. The van der Waals surface area contributed by atoms with Gasteiger partial charge in [-0.2, -0.15) is 0 Å². The van der Waals surface area contributed by atoms with E-state index < -0.39 is 0 Å². The largest absolute Gasteiger partial charge is 0.312 e. The summed E-state index contributed by atoms with van der Waals surface area (Å²) in [5, 5.41) is 3.51. The number of rotatable bonds is 1. The highest BCUT2D eigenvalue weighted by Crippen LogP contribution is 2.41. The van der Waals surface area contributed by atoms with Crippen LogP contribution in [-0.4, -0.2) is 6.54 Å². The summed E-state index contributed by atoms with van der Waals surface area (Å²) in [6.45, 7) is 8.84. The zero-order valence-corrected chi connectivity index (χ0v) is 13.9. The van der Waals surface area contributed by atoms with Crippen molar-refractivity contribution in [3.8, 4) is 10.4 Å². The third-order valence-corrected chi connectivity index (χ3v) is 6.21. The van der Waals surface area contributed by atoms with Crippen LogP contribution in [0.4, 0.5) is 0 Å². The maximum absolute atomic E-state index is 3.63. The zero-order valence-electron chi connectivity index (χ0n) is 11.5. The molecule has 1 nitrogen and oxygen atoms in total. The van der Waals surface area contributed by atoms with Gasteiger partial charge in [-0.25, -0.2) is 0 Å². The predicted octanol–water partition coefficient (Wildman–Crippen LogP) is 4.87. The minimum absolute atomic E-state index is 0.248. The molecule has 2 aromatic rings. The summed E-state index contributed by atoms with van der Waals surface area (Å²) < 4.78 is 1.19. The number of hydrogen-bond acceptors (Lipinski definition) is 2. The third-order valence-electron chi connectivity index (χ3n) is 3.76. The Morgan fingerprint density at radius 3 is 2.74 bits per heavy atom. The van der Waals surface area contributed by atoms with Crippen LogP contribution in [0.2, 0.25) is 0 Å². The summed E-state index contributed by atoms with van der Waals surface area (Å²) in [4.78, 5) is 2.92. The van der Waals surface area contributed by atoms with Gasteiger partial charge in [-0.15, -0.1) is 11.3 Å². The molecule has 100 valence electrons. The minimum Gasteiger partial charge on any atom is -0.312 e. The van der Waals surface area contributed by atoms with Crippen LogP contribution in [0.25, 0.3) is 10.4 Å². The van der Waals surface area contributed by atoms with Crippen molar-refractivity contribution >= 4 is 27.3 Å². The Labute approximate surface area is 127 Å². The Kier molecular flexibility index (Phi) is 3.32. The molecule has 0 bridgehead atoms. The molecule has 0 radical (unpaired) electrons. The Hall–Kier alpha value is -0.640. The maximum Gasteiger partial charge on any atom is 0.0349 e. The van der Waals surface area contributed by atoms with Gasteiger partial charge in [-0.1, -0.05) is 41.9 Å². The molecule has 1 aromatic heterocycles. The summed E-state index contributed by atoms with van der Waals surface area (Å²) in [6, 6.07) is 8.98. The average Bonchev–Trinajstić information content (AvgIpc) is 2.78. The lowest BCUT2D eigenvalue weighted by Gasteiger charge is -2.30. The molecule has 0 amide bonds. The number of halogens is 1. The molecule has 3 rings (SSSR count). The molecule has 3 heteroatoms. The van der Waals surface area contributed by atoms with E-state index in [0.29, 0.717) is 0 Å². The fourth-order valence-electron chi connectivity index (χ4n) is 2.61. The highest BCUT2D eigenvalue weighted by atomic mass is 79.9. The number of thiophene rings is 1. The van der Waals surface area contributed by atoms with E-state index in [1.165, 1.54) is 30.9 Å². The van der Waals surface area contributed by atoms with Gasteiger partial charge >= 0.3 is 0 Å². The SMILES string of the molecule is Cc1ccc(-c2cc3c(s2)C(C)(C)CNC3)cc1Br. The fraction of sp³-hybridized carbons (Fsp3) is 0.375. The standard InChI is InChI=1S/C16H18BrNS/c1-10-4-5-11(6-13(10)17)14-7-12-8-18-9-16(2,3)15(12)19-14/h4-7,18H,8-9H2,1-3H3. The molecule has 19 heavy (non-hydrogen) atoms. The normalized spacial score (nSPS) is 17.3. The third kappa shape index (κ3) is 2.39. The highest BCUT2D eigenvalue weighted by Gasteiger charge is 2.29. The molecule has 0 unspecified atom stereocenters. The quantitative estimate of drug-likeness (QED) is 0.784. The lowest BCUT2D eigenvalue weighted by molar-refractivity contribution is 0.445. The van der Waals surface area contributed by atoms with Crippen molar-refractivity contribution in [2.75, 3.05) is 6.54 Å². The molecule has 0 atom stereocenters. The van der Waals surface area contributed by atoms with Gasteiger partial charge in [0.05, 0.1) is 0 Å². The van der Waals surface area contributed by atoms with E-state index in [-0.39, 0.29) is 5.41 Å². The number of fused-ring (bicyclic) bond motifs is 1. The van der Waals surface area contributed by atoms with E-state index in [4.69, 9.17) is 0 Å². The van der Waals surface area contributed by atoms with Gasteiger partial charge in [0.25, 0.3) is 0 Å². The minimum atomic E-state index is 0.248. The molecular formula is C16H18BrNS. The molecule has 0 aliphatic carbocycles. The first-order chi connectivity index (χ1) is 8.97. The van der Waals surface area contributed by atoms with Crippen LogP contribution in [0.1, 0.15) is 29.9 Å². The number of benzene rings is 1. The summed E-state index contributed by atoms with van der Waals surface area (Å²) in [5.41, 5.74) is 4.31. The number of nitrogens with one attached hydrogen (secondary N) is 1. The highest BCUT2D eigenvalue weighted by molar-refractivity contribution is 9.10. The number of aryl methyl sites for hydroxylation is 1. The van der Waals surface area contributed by atoms with Gasteiger partial charge in [0.15, 0.2) is 0 Å². The molecule has 1 aliphatic heterocycles. The second-order valence-electron chi connectivity index (χ2n) is 5.92. The molecule has 0 spiro atoms. The fourth-order valence-corrected chi connectivity index (χ4v) is 4.27. The summed E-state index contributed by atoms with van der Waals surface area (Å²) in [7, 11) is 0. The molecule has 1 aromatic carbocycles. The van der Waals surface area contributed by atoms with E-state index >= 15 is 0 Å². The average molecular weight is 336 g/mol. The van der Waals surface area contributed by atoms with Crippen LogP contribution < -0.4 is 5.32 Å². The van der Waals surface area contributed by atoms with Crippen LogP contribution in [0, 0.1) is 6.92 Å². The predicted molar refractivity (Wildman–Crippen MR) is 86.9 cm³/mol. The monoisotopic (exact) mass is 335 g/mol. The van der Waals surface area contributed by atoms with Crippen molar-refractivity contribution in [2.24, 2.45) is 0 Å². The van der Waals surface area contributed by atoms with Crippen molar-refractivity contribution in [3.63, 3.8) is 0 Å². The molecule has 0 saturated carbocycles. The lowest BCUT2D eigenvalue weighted by atomic mass is 9.86. The zero-order chi connectivity index (χ0) is 13.6. The Morgan fingerprint density at radius 2 is 2.05 bits per heavy atom. The molecular weight excluding hydrogens is 318 g/mol. The maximum atomic E-state index is 3.63. The van der Waals surface area contributed by atoms with Crippen LogP contribution in [0.15, 0.2) is 28.7 Å². The van der Waals surface area contributed by atoms with Crippen molar-refractivity contribution in [1.82, 2.24) is 5.32 Å². The van der Waals surface area contributed by atoms with Gasteiger partial charge in [0.1, 0.15) is 0 Å². The lowest BCUT2D eigenvalue weighted by Crippen LogP contribution is -2.37. The van der Waals surface area contributed by atoms with Crippen molar-refractivity contribution in [1.29, 1.82) is 0 Å². The Morgan fingerprint density at radius 1 is 1.26 bits per heavy atom. The number of hydrogen-bond donors (Lipinski definition) is 1. The van der Waals surface area contributed by atoms with E-state index in [0.717, 1.165) is 13.1 Å². The first-order valence-corrected chi connectivity index (χ1v) is 8.19. The second kappa shape index (κ2) is 4.72. The van der Waals surface area contributed by atoms with Gasteiger partial charge < -0.3 is 5.32 Å². The molecule has 1 N–H and O–H groups in total. The van der Waals surface area contributed by atoms with Crippen LogP contribution in [0.5, 0.6) is 0 Å². The van der Waals surface area contributed by atoms with E-state index in [1.807, 2.05) is 11.3 Å². The molecule has 0 fully saturated rings. The summed E-state index contributed by atoms with van der Waals surface area (Å²) in [5.74, 6) is 0. The summed E-state index contributed by atoms with van der Waals surface area (Å²) >= 11 is 5.58. The summed E-state index contributed by atoms with van der Waals surface area (Å²) in [6.07, 6.45) is 0. The van der Waals surface area contributed by atoms with Crippen molar-refractivity contribution < 1.29 is 0 Å². The first-order valence-electron chi connectivity index (χ1n) is 6.58. The van der Waals surface area contributed by atoms with E-state index in [1.54, 1.807) is 0 Å². The van der Waals surface area contributed by atoms with Crippen molar-refractivity contribution in [3.05, 3.63) is 44.7 Å². The van der Waals surface area contributed by atoms with E-state index in [2.05, 4.69) is 66.3 Å². The van der Waals surface area contributed by atoms with Gasteiger partial charge in [-0.05, 0) is 35.7 Å². The first kappa shape index (κ1) is 13.3.